The van der Waals surface area contributed by atoms with Crippen molar-refractivity contribution >= 4 is 0 Å². The van der Waals surface area contributed by atoms with Crippen LogP contribution < -0.4 is 5.32 Å². The second kappa shape index (κ2) is 6.20. The monoisotopic (exact) mass is 281 g/mol. The fourth-order valence-corrected chi connectivity index (χ4v) is 3.12. The van der Waals surface area contributed by atoms with Crippen LogP contribution in [0.2, 0.25) is 0 Å². The molecule has 1 spiro atoms. The molecule has 2 fully saturated rings. The zero-order valence-corrected chi connectivity index (χ0v) is 12.1. The van der Waals surface area contributed by atoms with E-state index in [4.69, 9.17) is 14.0 Å². The van der Waals surface area contributed by atoms with Gasteiger partial charge in [0.1, 0.15) is 0 Å². The van der Waals surface area contributed by atoms with Crippen LogP contribution in [-0.4, -0.2) is 48.1 Å². The Labute approximate surface area is 119 Å². The topological polar surface area (TPSA) is 69.4 Å². The van der Waals surface area contributed by atoms with Crippen molar-refractivity contribution in [1.29, 1.82) is 0 Å². The maximum atomic E-state index is 6.04. The van der Waals surface area contributed by atoms with E-state index >= 15 is 0 Å². The van der Waals surface area contributed by atoms with Crippen LogP contribution >= 0.6 is 0 Å². The van der Waals surface area contributed by atoms with E-state index in [9.17, 15) is 0 Å². The van der Waals surface area contributed by atoms with Gasteiger partial charge < -0.3 is 19.3 Å². The van der Waals surface area contributed by atoms with Gasteiger partial charge in [0.15, 0.2) is 5.82 Å². The quantitative estimate of drug-likeness (QED) is 0.895. The normalized spacial score (nSPS) is 25.9. The van der Waals surface area contributed by atoms with Crippen LogP contribution in [0.3, 0.4) is 0 Å². The lowest BCUT2D eigenvalue weighted by Crippen LogP contribution is -2.50. The zero-order valence-electron chi connectivity index (χ0n) is 12.1. The van der Waals surface area contributed by atoms with Crippen LogP contribution in [0.4, 0.5) is 0 Å². The Bertz CT molecular complexity index is 424. The van der Waals surface area contributed by atoms with E-state index in [1.807, 2.05) is 6.92 Å². The average molecular weight is 281 g/mol. The number of aromatic nitrogens is 2. The largest absolute Gasteiger partial charge is 0.381 e. The Balaban J connectivity index is 1.45. The average Bonchev–Trinajstić information content (AvgIpc) is 2.86. The molecule has 1 aromatic rings. The molecule has 2 aliphatic heterocycles. The first kappa shape index (κ1) is 14.0. The molecule has 3 heterocycles. The Hall–Kier alpha value is -0.980. The molecule has 6 nitrogen and oxygen atoms in total. The summed E-state index contributed by atoms with van der Waals surface area (Å²) in [6, 6.07) is 0.523. The summed E-state index contributed by atoms with van der Waals surface area (Å²) in [5.41, 5.74) is 0.0525. The Kier molecular flexibility index (Phi) is 4.33. The van der Waals surface area contributed by atoms with Crippen molar-refractivity contribution in [2.45, 2.75) is 50.7 Å². The summed E-state index contributed by atoms with van der Waals surface area (Å²) in [5.74, 6) is 1.41. The molecule has 3 rings (SSSR count). The van der Waals surface area contributed by atoms with Gasteiger partial charge in [0.25, 0.3) is 0 Å². The lowest BCUT2D eigenvalue weighted by molar-refractivity contribution is -0.140. The van der Waals surface area contributed by atoms with Crippen molar-refractivity contribution in [2.75, 3.05) is 26.4 Å². The van der Waals surface area contributed by atoms with Gasteiger partial charge in [0, 0.05) is 45.8 Å². The third-order valence-electron chi connectivity index (χ3n) is 4.25. The first-order chi connectivity index (χ1) is 9.76. The molecule has 2 aliphatic rings. The molecule has 0 amide bonds. The Morgan fingerprint density at radius 1 is 1.30 bits per heavy atom. The number of hydrogen-bond acceptors (Lipinski definition) is 6. The minimum atomic E-state index is 0.0525. The minimum Gasteiger partial charge on any atom is -0.381 e. The van der Waals surface area contributed by atoms with E-state index in [0.717, 1.165) is 64.3 Å². The lowest BCUT2D eigenvalue weighted by Gasteiger charge is -2.43. The van der Waals surface area contributed by atoms with Gasteiger partial charge in [-0.2, -0.15) is 4.98 Å². The molecule has 1 aromatic heterocycles. The highest BCUT2D eigenvalue weighted by molar-refractivity contribution is 4.92. The van der Waals surface area contributed by atoms with E-state index in [0.29, 0.717) is 11.9 Å². The maximum absolute atomic E-state index is 6.04. The van der Waals surface area contributed by atoms with Crippen LogP contribution in [0.15, 0.2) is 4.52 Å². The van der Waals surface area contributed by atoms with Gasteiger partial charge in [-0.15, -0.1) is 0 Å². The minimum absolute atomic E-state index is 0.0525. The highest BCUT2D eigenvalue weighted by Gasteiger charge is 2.38. The number of rotatable bonds is 4. The molecule has 2 saturated heterocycles. The maximum Gasteiger partial charge on any atom is 0.223 e. The van der Waals surface area contributed by atoms with E-state index in [1.165, 1.54) is 0 Å². The van der Waals surface area contributed by atoms with Crippen LogP contribution in [0.25, 0.3) is 0 Å². The van der Waals surface area contributed by atoms with Gasteiger partial charge in [-0.25, -0.2) is 0 Å². The van der Waals surface area contributed by atoms with E-state index in [-0.39, 0.29) is 5.60 Å². The van der Waals surface area contributed by atoms with Crippen LogP contribution in [0.1, 0.15) is 37.4 Å². The number of nitrogens with one attached hydrogen (secondary N) is 1. The van der Waals surface area contributed by atoms with Gasteiger partial charge in [0.05, 0.1) is 5.60 Å². The summed E-state index contributed by atoms with van der Waals surface area (Å²) in [5, 5.41) is 7.52. The highest BCUT2D eigenvalue weighted by Crippen LogP contribution is 2.34. The molecule has 1 unspecified atom stereocenters. The summed E-state index contributed by atoms with van der Waals surface area (Å²) in [6.07, 6.45) is 5.02. The fraction of sp³-hybridized carbons (Fsp3) is 0.857. The molecule has 1 N–H and O–H groups in total. The molecule has 1 atom stereocenters. The van der Waals surface area contributed by atoms with Crippen molar-refractivity contribution < 1.29 is 14.0 Å². The first-order valence-corrected chi connectivity index (χ1v) is 7.50. The van der Waals surface area contributed by atoms with E-state index in [1.54, 1.807) is 0 Å². The predicted octanol–water partition coefficient (Wildman–Crippen LogP) is 1.24. The van der Waals surface area contributed by atoms with Gasteiger partial charge >= 0.3 is 0 Å². The van der Waals surface area contributed by atoms with Crippen molar-refractivity contribution in [1.82, 2.24) is 15.5 Å². The summed E-state index contributed by atoms with van der Waals surface area (Å²) >= 11 is 0. The molecule has 20 heavy (non-hydrogen) atoms. The molecule has 0 saturated carbocycles. The standard InChI is InChI=1S/C14H23N3O3/c1-11-16-13(17-20-11)2-6-15-12-3-7-19-14(10-12)4-8-18-9-5-14/h12,15H,2-10H2,1H3. The molecule has 112 valence electrons. The molecular formula is C14H23N3O3. The number of aryl methyl sites for hydroxylation is 1. The van der Waals surface area contributed by atoms with E-state index in [2.05, 4.69) is 15.5 Å². The molecule has 0 aliphatic carbocycles. The van der Waals surface area contributed by atoms with Gasteiger partial charge in [-0.05, 0) is 25.7 Å². The zero-order chi connectivity index (χ0) is 13.8. The van der Waals surface area contributed by atoms with Crippen LogP contribution in [0, 0.1) is 6.92 Å². The summed E-state index contributed by atoms with van der Waals surface area (Å²) < 4.78 is 16.5. The van der Waals surface area contributed by atoms with Crippen molar-refractivity contribution in [2.24, 2.45) is 0 Å². The lowest BCUT2D eigenvalue weighted by atomic mass is 9.84. The highest BCUT2D eigenvalue weighted by atomic mass is 16.5. The molecule has 6 heteroatoms. The SMILES string of the molecule is Cc1nc(CCNC2CCOC3(CCOCC3)C2)no1. The van der Waals surface area contributed by atoms with Gasteiger partial charge in [0.2, 0.25) is 5.89 Å². The number of hydrogen-bond donors (Lipinski definition) is 1. The summed E-state index contributed by atoms with van der Waals surface area (Å²) in [6.45, 7) is 5.20. The second-order valence-corrected chi connectivity index (χ2v) is 5.77. The molecule has 0 radical (unpaired) electrons. The fourth-order valence-electron chi connectivity index (χ4n) is 3.12. The third kappa shape index (κ3) is 3.37. The third-order valence-corrected chi connectivity index (χ3v) is 4.25. The van der Waals surface area contributed by atoms with Crippen molar-refractivity contribution in [3.05, 3.63) is 11.7 Å². The number of nitrogens with zero attached hydrogens (tertiary/aromatic N) is 2. The van der Waals surface area contributed by atoms with Crippen LogP contribution in [-0.2, 0) is 15.9 Å². The summed E-state index contributed by atoms with van der Waals surface area (Å²) in [7, 11) is 0. The predicted molar refractivity (Wildman–Crippen MR) is 72.5 cm³/mol. The Morgan fingerprint density at radius 3 is 2.90 bits per heavy atom. The second-order valence-electron chi connectivity index (χ2n) is 5.77. The smallest absolute Gasteiger partial charge is 0.223 e. The Morgan fingerprint density at radius 2 is 2.15 bits per heavy atom. The number of ether oxygens (including phenoxy) is 2. The first-order valence-electron chi connectivity index (χ1n) is 7.50. The van der Waals surface area contributed by atoms with E-state index < -0.39 is 0 Å². The molecule has 0 aromatic carbocycles. The van der Waals surface area contributed by atoms with Crippen molar-refractivity contribution in [3.63, 3.8) is 0 Å². The molecule has 0 bridgehead atoms. The van der Waals surface area contributed by atoms with Gasteiger partial charge in [-0.3, -0.25) is 0 Å². The molecular weight excluding hydrogens is 258 g/mol. The van der Waals surface area contributed by atoms with Crippen molar-refractivity contribution in [3.8, 4) is 0 Å². The van der Waals surface area contributed by atoms with Crippen LogP contribution in [0.5, 0.6) is 0 Å². The summed E-state index contributed by atoms with van der Waals surface area (Å²) in [4.78, 5) is 4.22. The van der Waals surface area contributed by atoms with Gasteiger partial charge in [-0.1, -0.05) is 5.16 Å².